The lowest BCUT2D eigenvalue weighted by atomic mass is 9.99. The molecule has 1 amide bonds. The van der Waals surface area contributed by atoms with E-state index in [1.54, 1.807) is 0 Å². The number of morpholine rings is 1. The number of carbonyl (C=O) groups excluding carboxylic acids is 1. The smallest absolute Gasteiger partial charge is 0.237 e. The summed E-state index contributed by atoms with van der Waals surface area (Å²) in [5.41, 5.74) is 7.23. The number of amides is 1. The van der Waals surface area contributed by atoms with Crippen LogP contribution in [0.1, 0.15) is 39.3 Å². The molecule has 0 saturated carbocycles. The molecule has 1 aliphatic rings. The van der Waals surface area contributed by atoms with E-state index in [0.717, 1.165) is 18.7 Å². The molecule has 2 rings (SSSR count). The topological polar surface area (TPSA) is 67.6 Å². The standard InChI is InChI=1S/C19H31N3O2.2ClH/c1-13(2)18(22-11-14(3)24-15(4)12-22)19(23)21-10-17(20)16-8-6-5-7-9-16;;/h5-9,13-15,17-18H,10-12,20H2,1-4H3,(H,21,23);2*1H. The van der Waals surface area contributed by atoms with Gasteiger partial charge in [-0.2, -0.15) is 0 Å². The minimum absolute atomic E-state index is 0. The van der Waals surface area contributed by atoms with Crippen molar-refractivity contribution in [2.75, 3.05) is 19.6 Å². The number of nitrogens with two attached hydrogens (primary N) is 1. The number of nitrogens with zero attached hydrogens (tertiary/aromatic N) is 1. The summed E-state index contributed by atoms with van der Waals surface area (Å²) in [5, 5.41) is 3.04. The third-order valence-electron chi connectivity index (χ3n) is 4.47. The largest absolute Gasteiger partial charge is 0.373 e. The fourth-order valence-corrected chi connectivity index (χ4v) is 3.47. The Kier molecular flexibility index (Phi) is 11.4. The third-order valence-corrected chi connectivity index (χ3v) is 4.47. The van der Waals surface area contributed by atoms with E-state index in [0.29, 0.717) is 6.54 Å². The van der Waals surface area contributed by atoms with Crippen LogP contribution in [0.3, 0.4) is 0 Å². The number of hydrogen-bond acceptors (Lipinski definition) is 4. The SMILES string of the molecule is CC1CN(C(C(=O)NCC(N)c2ccccc2)C(C)C)CC(C)O1.Cl.Cl. The van der Waals surface area contributed by atoms with Crippen LogP contribution in [-0.4, -0.2) is 48.7 Å². The molecule has 4 atom stereocenters. The summed E-state index contributed by atoms with van der Waals surface area (Å²) in [6.45, 7) is 10.3. The summed E-state index contributed by atoms with van der Waals surface area (Å²) in [6.07, 6.45) is 0.295. The van der Waals surface area contributed by atoms with E-state index in [4.69, 9.17) is 10.5 Å². The lowest BCUT2D eigenvalue weighted by Crippen LogP contribution is -2.57. The van der Waals surface area contributed by atoms with Crippen molar-refractivity contribution in [1.29, 1.82) is 0 Å². The molecule has 0 radical (unpaired) electrons. The first-order chi connectivity index (χ1) is 11.4. The number of rotatable bonds is 6. The van der Waals surface area contributed by atoms with Gasteiger partial charge >= 0.3 is 0 Å². The van der Waals surface area contributed by atoms with E-state index < -0.39 is 0 Å². The van der Waals surface area contributed by atoms with Crippen LogP contribution in [0.5, 0.6) is 0 Å². The summed E-state index contributed by atoms with van der Waals surface area (Å²) < 4.78 is 5.79. The van der Waals surface area contributed by atoms with Gasteiger partial charge in [0, 0.05) is 25.7 Å². The van der Waals surface area contributed by atoms with Crippen LogP contribution in [0, 0.1) is 5.92 Å². The number of carbonyl (C=O) groups is 1. The molecular weight excluding hydrogens is 373 g/mol. The van der Waals surface area contributed by atoms with Crippen molar-refractivity contribution in [2.24, 2.45) is 11.7 Å². The van der Waals surface area contributed by atoms with Gasteiger partial charge in [-0.25, -0.2) is 0 Å². The van der Waals surface area contributed by atoms with E-state index in [1.807, 2.05) is 30.3 Å². The number of ether oxygens (including phenoxy) is 1. The lowest BCUT2D eigenvalue weighted by molar-refractivity contribution is -0.135. The quantitative estimate of drug-likeness (QED) is 0.763. The lowest BCUT2D eigenvalue weighted by Gasteiger charge is -2.41. The highest BCUT2D eigenvalue weighted by Gasteiger charge is 2.34. The Morgan fingerprint density at radius 2 is 1.73 bits per heavy atom. The Balaban J connectivity index is 0.00000312. The Morgan fingerprint density at radius 1 is 1.19 bits per heavy atom. The second kappa shape index (κ2) is 11.8. The summed E-state index contributed by atoms with van der Waals surface area (Å²) >= 11 is 0. The van der Waals surface area contributed by atoms with Crippen LogP contribution < -0.4 is 11.1 Å². The molecule has 1 aromatic rings. The zero-order valence-corrected chi connectivity index (χ0v) is 17.7. The minimum atomic E-state index is -0.189. The van der Waals surface area contributed by atoms with Gasteiger partial charge in [-0.15, -0.1) is 24.8 Å². The maximum atomic E-state index is 12.8. The van der Waals surface area contributed by atoms with Crippen molar-refractivity contribution in [2.45, 2.75) is 52.0 Å². The average molecular weight is 406 g/mol. The first-order valence-corrected chi connectivity index (χ1v) is 8.86. The van der Waals surface area contributed by atoms with Crippen molar-refractivity contribution >= 4 is 30.7 Å². The Bertz CT molecular complexity index is 521. The second-order valence-electron chi connectivity index (χ2n) is 7.16. The number of hydrogen-bond donors (Lipinski definition) is 2. The third kappa shape index (κ3) is 7.05. The van der Waals surface area contributed by atoms with E-state index >= 15 is 0 Å². The van der Waals surface area contributed by atoms with Crippen molar-refractivity contribution in [1.82, 2.24) is 10.2 Å². The zero-order chi connectivity index (χ0) is 17.7. The molecule has 0 aliphatic carbocycles. The van der Waals surface area contributed by atoms with Gasteiger partial charge in [-0.3, -0.25) is 9.69 Å². The van der Waals surface area contributed by atoms with Crippen LogP contribution in [0.25, 0.3) is 0 Å². The van der Waals surface area contributed by atoms with Crippen LogP contribution in [0.15, 0.2) is 30.3 Å². The zero-order valence-electron chi connectivity index (χ0n) is 16.1. The Morgan fingerprint density at radius 3 is 2.23 bits per heavy atom. The Hall–Kier alpha value is -0.850. The molecule has 1 aliphatic heterocycles. The molecule has 1 aromatic carbocycles. The number of halogens is 2. The summed E-state index contributed by atoms with van der Waals surface area (Å²) in [6, 6.07) is 9.52. The molecule has 1 saturated heterocycles. The highest BCUT2D eigenvalue weighted by molar-refractivity contribution is 5.85. The van der Waals surface area contributed by atoms with Crippen molar-refractivity contribution in [3.63, 3.8) is 0 Å². The monoisotopic (exact) mass is 405 g/mol. The van der Waals surface area contributed by atoms with Gasteiger partial charge in [0.1, 0.15) is 0 Å². The molecule has 0 spiro atoms. The number of nitrogens with one attached hydrogen (secondary N) is 1. The molecule has 7 heteroatoms. The molecule has 0 bridgehead atoms. The molecule has 1 fully saturated rings. The molecule has 0 aromatic heterocycles. The summed E-state index contributed by atoms with van der Waals surface area (Å²) in [7, 11) is 0. The van der Waals surface area contributed by atoms with Gasteiger partial charge in [-0.05, 0) is 25.3 Å². The summed E-state index contributed by atoms with van der Waals surface area (Å²) in [4.78, 5) is 15.0. The Labute approximate surface area is 169 Å². The predicted molar refractivity (Wildman–Crippen MR) is 111 cm³/mol. The van der Waals surface area contributed by atoms with Gasteiger partial charge in [0.2, 0.25) is 5.91 Å². The van der Waals surface area contributed by atoms with E-state index in [-0.39, 0.29) is 60.9 Å². The molecule has 3 N–H and O–H groups in total. The van der Waals surface area contributed by atoms with Crippen molar-refractivity contribution < 1.29 is 9.53 Å². The molecular formula is C19H33Cl2N3O2. The van der Waals surface area contributed by atoms with Crippen LogP contribution >= 0.6 is 24.8 Å². The van der Waals surface area contributed by atoms with E-state index in [9.17, 15) is 4.79 Å². The first kappa shape index (κ1) is 25.1. The molecule has 26 heavy (non-hydrogen) atoms. The first-order valence-electron chi connectivity index (χ1n) is 8.86. The second-order valence-corrected chi connectivity index (χ2v) is 7.16. The van der Waals surface area contributed by atoms with Gasteiger partial charge in [0.05, 0.1) is 18.2 Å². The average Bonchev–Trinajstić information content (AvgIpc) is 2.52. The molecule has 1 heterocycles. The van der Waals surface area contributed by atoms with E-state index in [2.05, 4.69) is 37.9 Å². The molecule has 4 unspecified atom stereocenters. The fourth-order valence-electron chi connectivity index (χ4n) is 3.47. The van der Waals surface area contributed by atoms with Crippen LogP contribution in [-0.2, 0) is 9.53 Å². The predicted octanol–water partition coefficient (Wildman–Crippen LogP) is 2.78. The maximum absolute atomic E-state index is 12.8. The normalized spacial score (nSPS) is 22.7. The van der Waals surface area contributed by atoms with Crippen molar-refractivity contribution in [3.8, 4) is 0 Å². The molecule has 5 nitrogen and oxygen atoms in total. The van der Waals surface area contributed by atoms with Gasteiger partial charge in [0.25, 0.3) is 0 Å². The maximum Gasteiger partial charge on any atom is 0.237 e. The molecule has 150 valence electrons. The van der Waals surface area contributed by atoms with Gasteiger partial charge in [-0.1, -0.05) is 44.2 Å². The fraction of sp³-hybridized carbons (Fsp3) is 0.632. The number of benzene rings is 1. The van der Waals surface area contributed by atoms with Gasteiger partial charge < -0.3 is 15.8 Å². The summed E-state index contributed by atoms with van der Waals surface area (Å²) in [5.74, 6) is 0.285. The van der Waals surface area contributed by atoms with Crippen molar-refractivity contribution in [3.05, 3.63) is 35.9 Å². The van der Waals surface area contributed by atoms with Gasteiger partial charge in [0.15, 0.2) is 0 Å². The highest BCUT2D eigenvalue weighted by Crippen LogP contribution is 2.19. The van der Waals surface area contributed by atoms with Crippen LogP contribution in [0.4, 0.5) is 0 Å². The van der Waals surface area contributed by atoms with Crippen LogP contribution in [0.2, 0.25) is 0 Å². The minimum Gasteiger partial charge on any atom is -0.373 e. The van der Waals surface area contributed by atoms with E-state index in [1.165, 1.54) is 0 Å². The highest BCUT2D eigenvalue weighted by atomic mass is 35.5.